The van der Waals surface area contributed by atoms with Crippen LogP contribution in [-0.4, -0.2) is 50.9 Å². The van der Waals surface area contributed by atoms with Gasteiger partial charge in [0, 0.05) is 45.5 Å². The Bertz CT molecular complexity index is 669. The van der Waals surface area contributed by atoms with E-state index < -0.39 is 5.60 Å². The lowest BCUT2D eigenvalue weighted by molar-refractivity contribution is 0.0527. The van der Waals surface area contributed by atoms with Crippen LogP contribution in [-0.2, 0) is 11.3 Å². The molecule has 2 rings (SSSR count). The van der Waals surface area contributed by atoms with E-state index in [0.717, 1.165) is 25.5 Å². The number of hydrogen-bond donors (Lipinski definition) is 3. The maximum absolute atomic E-state index is 11.6. The van der Waals surface area contributed by atoms with E-state index in [9.17, 15) is 4.79 Å². The van der Waals surface area contributed by atoms with Crippen molar-refractivity contribution in [1.29, 1.82) is 0 Å². The molecule has 0 atom stereocenters. The zero-order valence-electron chi connectivity index (χ0n) is 17.4. The number of hydrogen-bond acceptors (Lipinski definition) is 4. The minimum atomic E-state index is -0.474. The molecule has 7 heteroatoms. The van der Waals surface area contributed by atoms with Gasteiger partial charge in [-0.05, 0) is 44.9 Å². The zero-order valence-corrected chi connectivity index (χ0v) is 17.4. The summed E-state index contributed by atoms with van der Waals surface area (Å²) >= 11 is 0. The summed E-state index contributed by atoms with van der Waals surface area (Å²) < 4.78 is 5.20. The van der Waals surface area contributed by atoms with Gasteiger partial charge in [-0.25, -0.2) is 4.79 Å². The first-order valence-electron chi connectivity index (χ1n) is 9.77. The number of rotatable bonds is 7. The summed E-state index contributed by atoms with van der Waals surface area (Å²) in [5.74, 6) is 0.741. The lowest BCUT2D eigenvalue weighted by Crippen LogP contribution is -2.39. The summed E-state index contributed by atoms with van der Waals surface area (Å²) in [6, 6.07) is 8.59. The zero-order chi connectivity index (χ0) is 20.4. The summed E-state index contributed by atoms with van der Waals surface area (Å²) in [6.45, 7) is 9.47. The number of nitrogens with one attached hydrogen (secondary N) is 3. The summed E-state index contributed by atoms with van der Waals surface area (Å²) in [6.07, 6.45) is 4.77. The highest BCUT2D eigenvalue weighted by atomic mass is 16.6. The molecule has 28 heavy (non-hydrogen) atoms. The number of carbonyl (C=O) groups excluding carboxylic acids is 1. The van der Waals surface area contributed by atoms with Crippen molar-refractivity contribution < 1.29 is 9.53 Å². The van der Waals surface area contributed by atoms with Crippen LogP contribution in [0.4, 0.5) is 10.5 Å². The molecule has 0 bridgehead atoms. The van der Waals surface area contributed by atoms with Crippen LogP contribution in [0.25, 0.3) is 0 Å². The largest absolute Gasteiger partial charge is 0.444 e. The fraction of sp³-hybridized carbons (Fsp3) is 0.524. The Labute approximate surface area is 168 Å². The Balaban J connectivity index is 1.63. The van der Waals surface area contributed by atoms with Crippen LogP contribution < -0.4 is 20.9 Å². The first-order chi connectivity index (χ1) is 13.4. The first-order valence-corrected chi connectivity index (χ1v) is 9.77. The third kappa shape index (κ3) is 7.90. The Morgan fingerprint density at radius 3 is 2.32 bits per heavy atom. The highest BCUT2D eigenvalue weighted by molar-refractivity contribution is 5.79. The number of alkyl carbamates (subject to hydrolysis) is 1. The number of benzene rings is 1. The maximum Gasteiger partial charge on any atom is 0.407 e. The SMILES string of the molecule is CN=C(NCCCNC(=O)OC(C)(C)C)NCc1ccc(N2CC=CC2)cc1. The van der Waals surface area contributed by atoms with E-state index in [-0.39, 0.29) is 6.09 Å². The molecule has 0 spiro atoms. The Morgan fingerprint density at radius 1 is 1.07 bits per heavy atom. The highest BCUT2D eigenvalue weighted by Crippen LogP contribution is 2.17. The van der Waals surface area contributed by atoms with Crippen LogP contribution in [0.1, 0.15) is 32.8 Å². The molecule has 0 saturated heterocycles. The van der Waals surface area contributed by atoms with Crippen molar-refractivity contribution in [3.63, 3.8) is 0 Å². The lowest BCUT2D eigenvalue weighted by Gasteiger charge is -2.19. The van der Waals surface area contributed by atoms with E-state index in [1.165, 1.54) is 11.3 Å². The molecule has 1 heterocycles. The van der Waals surface area contributed by atoms with Gasteiger partial charge in [0.2, 0.25) is 0 Å². The van der Waals surface area contributed by atoms with Gasteiger partial charge in [0.1, 0.15) is 5.60 Å². The van der Waals surface area contributed by atoms with Crippen molar-refractivity contribution in [2.75, 3.05) is 38.1 Å². The highest BCUT2D eigenvalue weighted by Gasteiger charge is 2.15. The first kappa shape index (κ1) is 21.6. The van der Waals surface area contributed by atoms with Gasteiger partial charge in [-0.3, -0.25) is 4.99 Å². The molecule has 1 aromatic carbocycles. The number of nitrogens with zero attached hydrogens (tertiary/aromatic N) is 2. The van der Waals surface area contributed by atoms with Crippen LogP contribution in [0, 0.1) is 0 Å². The molecule has 0 aromatic heterocycles. The fourth-order valence-corrected chi connectivity index (χ4v) is 2.72. The third-order valence-electron chi connectivity index (χ3n) is 4.12. The lowest BCUT2D eigenvalue weighted by atomic mass is 10.2. The molecule has 1 aliphatic heterocycles. The predicted molar refractivity (Wildman–Crippen MR) is 115 cm³/mol. The predicted octanol–water partition coefficient (Wildman–Crippen LogP) is 2.64. The minimum absolute atomic E-state index is 0.386. The average Bonchev–Trinajstić information content (AvgIpc) is 3.17. The van der Waals surface area contributed by atoms with Crippen molar-refractivity contribution in [2.24, 2.45) is 4.99 Å². The number of carbonyl (C=O) groups is 1. The van der Waals surface area contributed by atoms with Crippen molar-refractivity contribution in [3.05, 3.63) is 42.0 Å². The van der Waals surface area contributed by atoms with Gasteiger partial charge < -0.3 is 25.6 Å². The minimum Gasteiger partial charge on any atom is -0.444 e. The second kappa shape index (κ2) is 10.6. The van der Waals surface area contributed by atoms with Gasteiger partial charge in [-0.1, -0.05) is 24.3 Å². The van der Waals surface area contributed by atoms with Gasteiger partial charge in [-0.15, -0.1) is 0 Å². The molecule has 1 amide bonds. The standard InChI is InChI=1S/C21H33N5O2/c1-21(2,3)28-20(27)24-13-7-12-23-19(22-4)25-16-17-8-10-18(11-9-17)26-14-5-6-15-26/h5-6,8-11H,7,12-16H2,1-4H3,(H,24,27)(H2,22,23,25). The molecule has 0 aliphatic carbocycles. The summed E-state index contributed by atoms with van der Waals surface area (Å²) in [4.78, 5) is 18.1. The van der Waals surface area contributed by atoms with Crippen molar-refractivity contribution >= 4 is 17.7 Å². The van der Waals surface area contributed by atoms with E-state index in [0.29, 0.717) is 19.6 Å². The van der Waals surface area contributed by atoms with Gasteiger partial charge >= 0.3 is 6.09 Å². The number of amides is 1. The molecular formula is C21H33N5O2. The molecule has 154 valence electrons. The van der Waals surface area contributed by atoms with Crippen LogP contribution in [0.3, 0.4) is 0 Å². The summed E-state index contributed by atoms with van der Waals surface area (Å²) in [5, 5.41) is 9.30. The smallest absolute Gasteiger partial charge is 0.407 e. The number of aliphatic imine (C=N–C) groups is 1. The molecule has 3 N–H and O–H groups in total. The second-order valence-electron chi connectivity index (χ2n) is 7.68. The normalized spacial score (nSPS) is 14.1. The van der Waals surface area contributed by atoms with E-state index >= 15 is 0 Å². The summed E-state index contributed by atoms with van der Waals surface area (Å²) in [5.41, 5.74) is 1.97. The van der Waals surface area contributed by atoms with Crippen molar-refractivity contribution in [2.45, 2.75) is 39.3 Å². The van der Waals surface area contributed by atoms with Crippen LogP contribution in [0.2, 0.25) is 0 Å². The summed E-state index contributed by atoms with van der Waals surface area (Å²) in [7, 11) is 1.75. The Morgan fingerprint density at radius 2 is 1.71 bits per heavy atom. The van der Waals surface area contributed by atoms with Crippen LogP contribution >= 0.6 is 0 Å². The average molecular weight is 388 g/mol. The van der Waals surface area contributed by atoms with Gasteiger partial charge in [0.25, 0.3) is 0 Å². The molecule has 0 radical (unpaired) electrons. The maximum atomic E-state index is 11.6. The second-order valence-corrected chi connectivity index (χ2v) is 7.68. The van der Waals surface area contributed by atoms with Crippen molar-refractivity contribution in [1.82, 2.24) is 16.0 Å². The fourth-order valence-electron chi connectivity index (χ4n) is 2.72. The van der Waals surface area contributed by atoms with Gasteiger partial charge in [0.05, 0.1) is 0 Å². The van der Waals surface area contributed by atoms with E-state index in [1.807, 2.05) is 20.8 Å². The molecule has 7 nitrogen and oxygen atoms in total. The van der Waals surface area contributed by atoms with Crippen LogP contribution in [0.15, 0.2) is 41.4 Å². The van der Waals surface area contributed by atoms with E-state index in [4.69, 9.17) is 4.74 Å². The number of guanidine groups is 1. The van der Waals surface area contributed by atoms with Crippen molar-refractivity contribution in [3.8, 4) is 0 Å². The topological polar surface area (TPSA) is 78.0 Å². The molecular weight excluding hydrogens is 354 g/mol. The van der Waals surface area contributed by atoms with Gasteiger partial charge in [-0.2, -0.15) is 0 Å². The number of ether oxygens (including phenoxy) is 1. The number of anilines is 1. The molecule has 0 fully saturated rings. The Hall–Kier alpha value is -2.70. The van der Waals surface area contributed by atoms with Gasteiger partial charge in [0.15, 0.2) is 5.96 Å². The van der Waals surface area contributed by atoms with E-state index in [1.54, 1.807) is 7.05 Å². The quantitative estimate of drug-likeness (QED) is 0.290. The third-order valence-corrected chi connectivity index (χ3v) is 4.12. The molecule has 0 unspecified atom stereocenters. The molecule has 1 aliphatic rings. The monoisotopic (exact) mass is 387 g/mol. The molecule has 1 aromatic rings. The van der Waals surface area contributed by atoms with Crippen LogP contribution in [0.5, 0.6) is 0 Å². The van der Waals surface area contributed by atoms with E-state index in [2.05, 4.69) is 62.3 Å². The Kier molecular flexibility index (Phi) is 8.17. The molecule has 0 saturated carbocycles.